The first-order chi connectivity index (χ1) is 28.9. The molecule has 0 aliphatic heterocycles. The van der Waals surface area contributed by atoms with E-state index in [2.05, 4.69) is 126 Å². The van der Waals surface area contributed by atoms with E-state index in [0.717, 1.165) is 38.5 Å². The molecular formula is C56H86O4. The van der Waals surface area contributed by atoms with Crippen molar-refractivity contribution in [2.24, 2.45) is 0 Å². The van der Waals surface area contributed by atoms with Crippen molar-refractivity contribution in [3.63, 3.8) is 0 Å². The minimum atomic E-state index is -0.748. The van der Waals surface area contributed by atoms with Crippen LogP contribution in [0.5, 0.6) is 0 Å². The van der Waals surface area contributed by atoms with Gasteiger partial charge in [0.15, 0.2) is 0 Å². The van der Waals surface area contributed by atoms with Crippen LogP contribution in [0.15, 0.2) is 84.9 Å². The van der Waals surface area contributed by atoms with E-state index in [0.29, 0.717) is 12.8 Å². The molecule has 0 radical (unpaired) electrons. The molecule has 4 heteroatoms. The lowest BCUT2D eigenvalue weighted by atomic mass is 9.53. The summed E-state index contributed by atoms with van der Waals surface area (Å²) in [5.74, 6) is -1.50. The number of carboxylic acid groups (broad SMARTS) is 2. The fourth-order valence-corrected chi connectivity index (χ4v) is 10.6. The fraction of sp³-hybridized carbons (Fsp3) is 0.643. The van der Waals surface area contributed by atoms with Gasteiger partial charge in [-0.05, 0) is 58.8 Å². The van der Waals surface area contributed by atoms with Gasteiger partial charge in [-0.25, -0.2) is 0 Å². The topological polar surface area (TPSA) is 74.6 Å². The zero-order valence-corrected chi connectivity index (χ0v) is 39.2. The first kappa shape index (κ1) is 51.0. The van der Waals surface area contributed by atoms with Crippen LogP contribution < -0.4 is 0 Å². The molecule has 0 heterocycles. The summed E-state index contributed by atoms with van der Waals surface area (Å²) in [5.41, 5.74) is 3.28. The maximum atomic E-state index is 12.4. The van der Waals surface area contributed by atoms with Crippen molar-refractivity contribution in [1.82, 2.24) is 0 Å². The quantitative estimate of drug-likeness (QED) is 0.0588. The van der Waals surface area contributed by atoms with Crippen LogP contribution >= 0.6 is 0 Å². The second-order valence-corrected chi connectivity index (χ2v) is 19.4. The predicted molar refractivity (Wildman–Crippen MR) is 255 cm³/mol. The first-order valence-electron chi connectivity index (χ1n) is 24.5. The minimum Gasteiger partial charge on any atom is -0.481 e. The number of benzene rings is 3. The van der Waals surface area contributed by atoms with Gasteiger partial charge in [-0.2, -0.15) is 0 Å². The maximum absolute atomic E-state index is 12.4. The van der Waals surface area contributed by atoms with Gasteiger partial charge in [0.25, 0.3) is 0 Å². The van der Waals surface area contributed by atoms with Gasteiger partial charge in [-0.3, -0.25) is 9.59 Å². The van der Waals surface area contributed by atoms with Gasteiger partial charge in [-0.15, -0.1) is 0 Å². The first-order valence-corrected chi connectivity index (χ1v) is 24.5. The van der Waals surface area contributed by atoms with Crippen molar-refractivity contribution >= 4 is 11.9 Å². The van der Waals surface area contributed by atoms with Crippen LogP contribution in [-0.2, 0) is 31.2 Å². The Balaban J connectivity index is 2.01. The Bertz CT molecular complexity index is 1490. The van der Waals surface area contributed by atoms with Crippen molar-refractivity contribution < 1.29 is 19.8 Å². The van der Waals surface area contributed by atoms with Crippen LogP contribution in [0.3, 0.4) is 0 Å². The summed E-state index contributed by atoms with van der Waals surface area (Å²) in [6.45, 7) is 13.9. The molecule has 3 aromatic rings. The molecule has 60 heavy (non-hydrogen) atoms. The van der Waals surface area contributed by atoms with Gasteiger partial charge in [-0.1, -0.05) is 255 Å². The van der Waals surface area contributed by atoms with Crippen molar-refractivity contribution in [2.75, 3.05) is 0 Å². The third-order valence-corrected chi connectivity index (χ3v) is 14.8. The van der Waals surface area contributed by atoms with E-state index in [-0.39, 0.29) is 12.8 Å². The monoisotopic (exact) mass is 823 g/mol. The average Bonchev–Trinajstić information content (AvgIpc) is 3.24. The molecule has 0 aliphatic rings. The summed E-state index contributed by atoms with van der Waals surface area (Å²) >= 11 is 0. The summed E-state index contributed by atoms with van der Waals surface area (Å²) in [5, 5.41) is 20.3. The van der Waals surface area contributed by atoms with E-state index in [1.54, 1.807) is 0 Å². The largest absolute Gasteiger partial charge is 0.481 e. The van der Waals surface area contributed by atoms with Crippen molar-refractivity contribution in [2.45, 2.75) is 230 Å². The van der Waals surface area contributed by atoms with Gasteiger partial charge in [0.1, 0.15) is 0 Å². The minimum absolute atomic E-state index is 0.117. The Morgan fingerprint density at radius 3 is 0.967 bits per heavy atom. The Hall–Kier alpha value is -3.40. The number of rotatable bonds is 34. The third-order valence-electron chi connectivity index (χ3n) is 14.8. The van der Waals surface area contributed by atoms with E-state index in [1.807, 2.05) is 0 Å². The Labute approximate surface area is 367 Å². The SMILES string of the molecule is CCCCCCCCCCCCC(CCC(=O)O)(c1ccccc1)C(C)(C)c1cccc(C(C)(C)C(CCCCCCCCCCCC)(CCC(=O)O)c2ccccc2)c1. The van der Waals surface area contributed by atoms with Crippen LogP contribution in [0.2, 0.25) is 0 Å². The van der Waals surface area contributed by atoms with Crippen LogP contribution in [0, 0.1) is 0 Å². The molecule has 0 aromatic heterocycles. The molecule has 0 fully saturated rings. The molecule has 0 spiro atoms. The van der Waals surface area contributed by atoms with Crippen molar-refractivity contribution in [1.29, 1.82) is 0 Å². The van der Waals surface area contributed by atoms with Gasteiger partial charge >= 0.3 is 11.9 Å². The second-order valence-electron chi connectivity index (χ2n) is 19.4. The Kier molecular flexibility index (Phi) is 22.8. The number of carboxylic acids is 2. The molecule has 2 atom stereocenters. The van der Waals surface area contributed by atoms with Crippen LogP contribution in [0.1, 0.15) is 231 Å². The van der Waals surface area contributed by atoms with Gasteiger partial charge < -0.3 is 10.2 Å². The molecule has 0 aliphatic carbocycles. The van der Waals surface area contributed by atoms with E-state index in [1.165, 1.54) is 125 Å². The lowest BCUT2D eigenvalue weighted by Gasteiger charge is -2.50. The van der Waals surface area contributed by atoms with Gasteiger partial charge in [0.2, 0.25) is 0 Å². The highest BCUT2D eigenvalue weighted by molar-refractivity contribution is 5.67. The lowest BCUT2D eigenvalue weighted by molar-refractivity contribution is -0.138. The molecule has 2 unspecified atom stereocenters. The van der Waals surface area contributed by atoms with Crippen molar-refractivity contribution in [3.8, 4) is 0 Å². The number of hydrogen-bond acceptors (Lipinski definition) is 2. The zero-order valence-electron chi connectivity index (χ0n) is 39.2. The highest BCUT2D eigenvalue weighted by Crippen LogP contribution is 2.54. The number of carbonyl (C=O) groups is 2. The zero-order chi connectivity index (χ0) is 43.7. The maximum Gasteiger partial charge on any atom is 0.303 e. The number of aliphatic carboxylic acids is 2. The predicted octanol–water partition coefficient (Wildman–Crippen LogP) is 16.5. The highest BCUT2D eigenvalue weighted by atomic mass is 16.4. The Morgan fingerprint density at radius 1 is 0.383 bits per heavy atom. The molecule has 0 amide bonds. The van der Waals surface area contributed by atoms with E-state index in [9.17, 15) is 19.8 Å². The van der Waals surface area contributed by atoms with Crippen LogP contribution in [-0.4, -0.2) is 22.2 Å². The van der Waals surface area contributed by atoms with E-state index < -0.39 is 33.6 Å². The highest BCUT2D eigenvalue weighted by Gasteiger charge is 2.49. The van der Waals surface area contributed by atoms with E-state index in [4.69, 9.17) is 0 Å². The summed E-state index contributed by atoms with van der Waals surface area (Å²) in [6, 6.07) is 30.6. The Morgan fingerprint density at radius 2 is 0.667 bits per heavy atom. The molecule has 3 rings (SSSR count). The van der Waals surface area contributed by atoms with Crippen molar-refractivity contribution in [3.05, 3.63) is 107 Å². The third kappa shape index (κ3) is 14.9. The second kappa shape index (κ2) is 26.8. The summed E-state index contributed by atoms with van der Waals surface area (Å²) in [4.78, 5) is 24.8. The summed E-state index contributed by atoms with van der Waals surface area (Å²) in [7, 11) is 0. The average molecular weight is 823 g/mol. The van der Waals surface area contributed by atoms with Gasteiger partial charge in [0.05, 0.1) is 0 Å². The standard InChI is InChI=1S/C56H86O4/c1-7-9-11-13-15-17-19-21-23-31-42-55(44-40-51(57)58,47-34-27-25-28-35-47)53(3,4)49-38-33-39-50(46-49)54(5,6)56(45-41-52(59)60,48-36-29-26-30-37-48)43-32-24-22-20-18-16-14-12-10-8-2/h25-30,33-39,46H,7-24,31-32,40-45H2,1-6H3,(H,57,58)(H,59,60). The molecular weight excluding hydrogens is 737 g/mol. The molecule has 2 N–H and O–H groups in total. The number of unbranched alkanes of at least 4 members (excludes halogenated alkanes) is 18. The van der Waals surface area contributed by atoms with E-state index >= 15 is 0 Å². The summed E-state index contributed by atoms with van der Waals surface area (Å²) in [6.07, 6.45) is 28.5. The summed E-state index contributed by atoms with van der Waals surface area (Å²) < 4.78 is 0. The molecule has 334 valence electrons. The number of hydrogen-bond donors (Lipinski definition) is 2. The molecule has 0 bridgehead atoms. The lowest BCUT2D eigenvalue weighted by Crippen LogP contribution is -2.47. The van der Waals surface area contributed by atoms with Gasteiger partial charge in [0, 0.05) is 23.7 Å². The molecule has 0 saturated heterocycles. The molecule has 3 aromatic carbocycles. The van der Waals surface area contributed by atoms with Crippen LogP contribution in [0.4, 0.5) is 0 Å². The molecule has 4 nitrogen and oxygen atoms in total. The normalized spacial score (nSPS) is 14.1. The smallest absolute Gasteiger partial charge is 0.303 e. The fourth-order valence-electron chi connectivity index (χ4n) is 10.6. The molecule has 0 saturated carbocycles. The van der Waals surface area contributed by atoms with Crippen LogP contribution in [0.25, 0.3) is 0 Å².